The molecule has 2 amide bonds. The van der Waals surface area contributed by atoms with Crippen molar-refractivity contribution in [2.45, 2.75) is 69.9 Å². The number of hydrogen-bond acceptors (Lipinski definition) is 8. The lowest BCUT2D eigenvalue weighted by Gasteiger charge is -2.33. The quantitative estimate of drug-likeness (QED) is 0.345. The number of aliphatic hydroxyl groups is 1. The van der Waals surface area contributed by atoms with E-state index in [4.69, 9.17) is 14.6 Å². The number of ether oxygens (including phenoxy) is 2. The third kappa shape index (κ3) is 4.03. The molecular weight excluding hydrogens is 466 g/mol. The maximum Gasteiger partial charge on any atom is 0.312 e. The number of fused-ring (bicyclic) bond motifs is 2. The molecule has 194 valence electrons. The van der Waals surface area contributed by atoms with Crippen molar-refractivity contribution in [3.8, 4) is 0 Å². The third-order valence-electron chi connectivity index (χ3n) is 7.74. The molecule has 1 aromatic heterocycles. The van der Waals surface area contributed by atoms with Crippen molar-refractivity contribution < 1.29 is 29.0 Å². The topological polar surface area (TPSA) is 136 Å². The Morgan fingerprint density at radius 3 is 2.86 bits per heavy atom. The van der Waals surface area contributed by atoms with Gasteiger partial charge in [-0.1, -0.05) is 30.2 Å². The van der Waals surface area contributed by atoms with E-state index in [2.05, 4.69) is 15.6 Å². The fraction of sp³-hybridized carbons (Fsp3) is 0.640. The van der Waals surface area contributed by atoms with Gasteiger partial charge in [0.15, 0.2) is 0 Å². The largest absolute Gasteiger partial charge is 0.466 e. The van der Waals surface area contributed by atoms with Crippen LogP contribution in [0.5, 0.6) is 0 Å². The van der Waals surface area contributed by atoms with Gasteiger partial charge in [0.25, 0.3) is 0 Å². The van der Waals surface area contributed by atoms with Crippen LogP contribution in [0.2, 0.25) is 0 Å². The zero-order valence-electron chi connectivity index (χ0n) is 20.5. The van der Waals surface area contributed by atoms with Crippen LogP contribution in [0.3, 0.4) is 0 Å². The molecule has 3 fully saturated rings. The number of nitrogens with zero attached hydrogens (tertiary/aromatic N) is 4. The summed E-state index contributed by atoms with van der Waals surface area (Å²) in [4.78, 5) is 41.9. The minimum Gasteiger partial charge on any atom is -0.466 e. The molecule has 1 aromatic carbocycles. The number of unbranched alkanes of at least 4 members (excludes halogenated alkanes) is 3. The van der Waals surface area contributed by atoms with Crippen molar-refractivity contribution in [3.05, 3.63) is 24.3 Å². The Morgan fingerprint density at radius 2 is 2.06 bits per heavy atom. The van der Waals surface area contributed by atoms with Gasteiger partial charge in [0, 0.05) is 13.2 Å². The van der Waals surface area contributed by atoms with Crippen LogP contribution in [0.15, 0.2) is 24.3 Å². The highest BCUT2D eigenvalue weighted by Crippen LogP contribution is 2.58. The first-order valence-electron chi connectivity index (χ1n) is 12.8. The average molecular weight is 500 g/mol. The van der Waals surface area contributed by atoms with Crippen LogP contribution in [0.1, 0.15) is 45.4 Å². The van der Waals surface area contributed by atoms with E-state index in [1.165, 1.54) is 0 Å². The van der Waals surface area contributed by atoms with Crippen LogP contribution in [-0.4, -0.2) is 80.3 Å². The average Bonchev–Trinajstić information content (AvgIpc) is 3.62. The number of hydrogen-bond donors (Lipinski definition) is 2. The maximum absolute atomic E-state index is 13.7. The molecule has 1 spiro atoms. The van der Waals surface area contributed by atoms with Crippen LogP contribution in [-0.2, 0) is 30.5 Å². The highest BCUT2D eigenvalue weighted by atomic mass is 16.6. The minimum atomic E-state index is -1.04. The number of amides is 2. The zero-order valence-corrected chi connectivity index (χ0v) is 20.5. The number of aliphatic hydroxyl groups excluding tert-OH is 1. The molecule has 2 bridgehead atoms. The summed E-state index contributed by atoms with van der Waals surface area (Å²) < 4.78 is 13.3. The highest BCUT2D eigenvalue weighted by molar-refractivity contribution is 5.98. The van der Waals surface area contributed by atoms with Gasteiger partial charge in [0.1, 0.15) is 23.8 Å². The number of rotatable bonds is 11. The summed E-state index contributed by atoms with van der Waals surface area (Å²) in [6.07, 6.45) is 3.79. The second-order valence-corrected chi connectivity index (χ2v) is 9.75. The molecule has 3 aliphatic heterocycles. The Balaban J connectivity index is 1.38. The molecule has 36 heavy (non-hydrogen) atoms. The lowest BCUT2D eigenvalue weighted by Crippen LogP contribution is -2.55. The Kier molecular flexibility index (Phi) is 6.94. The molecular formula is C25H33N5O6. The molecule has 3 saturated heterocycles. The van der Waals surface area contributed by atoms with Crippen molar-refractivity contribution in [1.29, 1.82) is 0 Å². The van der Waals surface area contributed by atoms with Crippen LogP contribution >= 0.6 is 0 Å². The maximum atomic E-state index is 13.7. The van der Waals surface area contributed by atoms with Crippen molar-refractivity contribution in [2.75, 3.05) is 19.8 Å². The molecule has 2 N–H and O–H groups in total. The van der Waals surface area contributed by atoms with E-state index in [-0.39, 0.29) is 31.7 Å². The van der Waals surface area contributed by atoms with Crippen LogP contribution in [0.25, 0.3) is 11.0 Å². The summed E-state index contributed by atoms with van der Waals surface area (Å²) in [7, 11) is 0. The first-order valence-corrected chi connectivity index (χ1v) is 12.8. The predicted molar refractivity (Wildman–Crippen MR) is 127 cm³/mol. The normalized spacial score (nSPS) is 28.6. The molecule has 2 aromatic rings. The Morgan fingerprint density at radius 1 is 1.25 bits per heavy atom. The molecule has 0 aliphatic carbocycles. The summed E-state index contributed by atoms with van der Waals surface area (Å²) in [6.45, 7) is 2.57. The minimum absolute atomic E-state index is 0.0971. The molecule has 0 saturated carbocycles. The van der Waals surface area contributed by atoms with Gasteiger partial charge in [-0.3, -0.25) is 14.4 Å². The van der Waals surface area contributed by atoms with Gasteiger partial charge >= 0.3 is 5.97 Å². The number of carbonyl (C=O) groups excluding carboxylic acids is 3. The SMILES string of the molecule is CCOC(=O)[C@@H]1[C@H]2C(=O)N(CCCCCCO)C(C(=O)NCn3nnc4ccccc43)C23CC[C@H]1O3. The Bertz CT molecular complexity index is 1140. The van der Waals surface area contributed by atoms with Crippen molar-refractivity contribution in [3.63, 3.8) is 0 Å². The number of nitrogens with one attached hydrogen (secondary N) is 1. The van der Waals surface area contributed by atoms with Gasteiger partial charge in [0.05, 0.1) is 30.1 Å². The molecule has 0 radical (unpaired) electrons. The molecule has 11 nitrogen and oxygen atoms in total. The van der Waals surface area contributed by atoms with Gasteiger partial charge in [-0.2, -0.15) is 0 Å². The number of likely N-dealkylation sites (tertiary alicyclic amines) is 1. The van der Waals surface area contributed by atoms with E-state index in [0.29, 0.717) is 32.2 Å². The molecule has 3 aliphatic rings. The van der Waals surface area contributed by atoms with Crippen LogP contribution in [0.4, 0.5) is 0 Å². The first kappa shape index (κ1) is 24.6. The summed E-state index contributed by atoms with van der Waals surface area (Å²) in [5.74, 6) is -2.40. The third-order valence-corrected chi connectivity index (χ3v) is 7.74. The smallest absolute Gasteiger partial charge is 0.312 e. The number of benzene rings is 1. The highest BCUT2D eigenvalue weighted by Gasteiger charge is 2.74. The van der Waals surface area contributed by atoms with Gasteiger partial charge in [-0.05, 0) is 44.7 Å². The van der Waals surface area contributed by atoms with E-state index < -0.39 is 35.6 Å². The summed E-state index contributed by atoms with van der Waals surface area (Å²) in [6, 6.07) is 6.63. The number of esters is 1. The van der Waals surface area contributed by atoms with Crippen LogP contribution < -0.4 is 5.32 Å². The Hall–Kier alpha value is -3.05. The zero-order chi connectivity index (χ0) is 25.3. The molecule has 2 unspecified atom stereocenters. The summed E-state index contributed by atoms with van der Waals surface area (Å²) in [5.41, 5.74) is 0.470. The first-order chi connectivity index (χ1) is 17.5. The van der Waals surface area contributed by atoms with E-state index >= 15 is 0 Å². The Labute approximate surface area is 209 Å². The standard InChI is InChI=1S/C25H33N5O6/c1-2-35-24(34)19-18-11-12-25(36-18)20(19)23(33)29(13-7-3-4-8-14-31)21(25)22(32)26-15-30-17-10-6-5-9-16(17)27-28-30/h5-6,9-10,18-21,31H,2-4,7-8,11-15H2,1H3,(H,26,32)/t18-,19+,20+,21?,25?/m1/s1. The number of carbonyl (C=O) groups is 3. The van der Waals surface area contributed by atoms with Crippen molar-refractivity contribution in [2.24, 2.45) is 11.8 Å². The van der Waals surface area contributed by atoms with Crippen LogP contribution in [0, 0.1) is 11.8 Å². The van der Waals surface area contributed by atoms with Gasteiger partial charge < -0.3 is 24.8 Å². The van der Waals surface area contributed by atoms with E-state index in [1.807, 2.05) is 24.3 Å². The van der Waals surface area contributed by atoms with E-state index in [0.717, 1.165) is 23.9 Å². The van der Waals surface area contributed by atoms with E-state index in [9.17, 15) is 14.4 Å². The fourth-order valence-corrected chi connectivity index (χ4v) is 6.23. The molecule has 5 rings (SSSR count). The fourth-order valence-electron chi connectivity index (χ4n) is 6.23. The van der Waals surface area contributed by atoms with Gasteiger partial charge in [-0.15, -0.1) is 5.10 Å². The molecule has 5 atom stereocenters. The summed E-state index contributed by atoms with van der Waals surface area (Å²) in [5, 5.41) is 20.2. The second kappa shape index (κ2) is 10.1. The van der Waals surface area contributed by atoms with Gasteiger partial charge in [-0.25, -0.2) is 4.68 Å². The van der Waals surface area contributed by atoms with Crippen molar-refractivity contribution >= 4 is 28.8 Å². The van der Waals surface area contributed by atoms with Crippen molar-refractivity contribution in [1.82, 2.24) is 25.2 Å². The second-order valence-electron chi connectivity index (χ2n) is 9.75. The van der Waals surface area contributed by atoms with E-state index in [1.54, 1.807) is 16.5 Å². The number of aromatic nitrogens is 3. The lowest BCUT2D eigenvalue weighted by atomic mass is 9.71. The molecule has 11 heteroatoms. The predicted octanol–water partition coefficient (Wildman–Crippen LogP) is 0.995. The summed E-state index contributed by atoms with van der Waals surface area (Å²) >= 11 is 0. The monoisotopic (exact) mass is 499 g/mol. The number of para-hydroxylation sites is 1. The van der Waals surface area contributed by atoms with Gasteiger partial charge in [0.2, 0.25) is 11.8 Å². The molecule has 4 heterocycles. The lowest BCUT2D eigenvalue weighted by molar-refractivity contribution is -0.154.